The van der Waals surface area contributed by atoms with E-state index in [1.807, 2.05) is 53.4 Å². The zero-order chi connectivity index (χ0) is 25.8. The number of fused-ring (bicyclic) bond motifs is 1. The van der Waals surface area contributed by atoms with Crippen molar-refractivity contribution in [3.63, 3.8) is 0 Å². The van der Waals surface area contributed by atoms with Crippen LogP contribution in [0.5, 0.6) is 5.75 Å². The van der Waals surface area contributed by atoms with Crippen LogP contribution in [-0.4, -0.2) is 64.5 Å². The van der Waals surface area contributed by atoms with Gasteiger partial charge in [-0.1, -0.05) is 18.2 Å². The van der Waals surface area contributed by atoms with Gasteiger partial charge in [-0.15, -0.1) is 0 Å². The van der Waals surface area contributed by atoms with E-state index in [0.717, 1.165) is 42.1 Å². The molecule has 0 spiro atoms. The lowest BCUT2D eigenvalue weighted by atomic mass is 10.2. The van der Waals surface area contributed by atoms with Gasteiger partial charge in [0.15, 0.2) is 0 Å². The van der Waals surface area contributed by atoms with Crippen LogP contribution in [0.3, 0.4) is 0 Å². The van der Waals surface area contributed by atoms with E-state index in [-0.39, 0.29) is 11.8 Å². The molecule has 1 aliphatic rings. The van der Waals surface area contributed by atoms with E-state index in [2.05, 4.69) is 21.7 Å². The van der Waals surface area contributed by atoms with E-state index in [4.69, 9.17) is 9.72 Å². The number of methoxy groups -OCH3 is 1. The number of ether oxygens (including phenoxy) is 1. The number of nitrogens with zero attached hydrogens (tertiary/aromatic N) is 4. The zero-order valence-corrected chi connectivity index (χ0v) is 21.2. The molecule has 0 atom stereocenters. The molecule has 4 aromatic rings. The highest BCUT2D eigenvalue weighted by Gasteiger charge is 2.23. The van der Waals surface area contributed by atoms with Crippen molar-refractivity contribution in [3.8, 4) is 5.75 Å². The molecule has 1 aliphatic heterocycles. The van der Waals surface area contributed by atoms with Crippen LogP contribution >= 0.6 is 0 Å². The van der Waals surface area contributed by atoms with E-state index >= 15 is 0 Å². The van der Waals surface area contributed by atoms with Gasteiger partial charge in [-0.2, -0.15) is 0 Å². The van der Waals surface area contributed by atoms with Gasteiger partial charge in [-0.25, -0.2) is 4.98 Å². The quantitative estimate of drug-likeness (QED) is 0.412. The SMILES string of the molecule is CCn1c(CN2CCN(C(=O)c3ccccc3)CC2)nc2cc(NC(=O)c3ccc(OC)cc3)ccc21. The highest BCUT2D eigenvalue weighted by atomic mass is 16.5. The molecule has 190 valence electrons. The Labute approximate surface area is 216 Å². The number of anilines is 1. The second-order valence-electron chi connectivity index (χ2n) is 9.09. The van der Waals surface area contributed by atoms with E-state index in [1.165, 1.54) is 0 Å². The average Bonchev–Trinajstić information content (AvgIpc) is 3.29. The molecule has 1 saturated heterocycles. The highest BCUT2D eigenvalue weighted by molar-refractivity contribution is 6.05. The molecule has 1 fully saturated rings. The molecule has 5 rings (SSSR count). The lowest BCUT2D eigenvalue weighted by Crippen LogP contribution is -2.48. The molecule has 2 heterocycles. The first-order valence-electron chi connectivity index (χ1n) is 12.6. The normalized spacial score (nSPS) is 14.1. The summed E-state index contributed by atoms with van der Waals surface area (Å²) in [6.07, 6.45) is 0. The summed E-state index contributed by atoms with van der Waals surface area (Å²) in [6, 6.07) is 22.3. The lowest BCUT2D eigenvalue weighted by molar-refractivity contribution is 0.0624. The van der Waals surface area contributed by atoms with Gasteiger partial charge in [-0.05, 0) is 61.5 Å². The number of amides is 2. The predicted octanol–water partition coefficient (Wildman–Crippen LogP) is 4.28. The first-order chi connectivity index (χ1) is 18.1. The second-order valence-corrected chi connectivity index (χ2v) is 9.09. The van der Waals surface area contributed by atoms with Gasteiger partial charge in [0.05, 0.1) is 24.7 Å². The third kappa shape index (κ3) is 5.34. The molecule has 8 heteroatoms. The van der Waals surface area contributed by atoms with Gasteiger partial charge >= 0.3 is 0 Å². The minimum absolute atomic E-state index is 0.0882. The van der Waals surface area contributed by atoms with Gasteiger partial charge < -0.3 is 19.5 Å². The molecular weight excluding hydrogens is 466 g/mol. The summed E-state index contributed by atoms with van der Waals surface area (Å²) in [5.41, 5.74) is 3.89. The minimum atomic E-state index is -0.180. The number of benzene rings is 3. The van der Waals surface area contributed by atoms with Crippen LogP contribution in [0.15, 0.2) is 72.8 Å². The molecule has 0 aliphatic carbocycles. The maximum atomic E-state index is 12.8. The summed E-state index contributed by atoms with van der Waals surface area (Å²) in [5, 5.41) is 2.97. The molecule has 3 aromatic carbocycles. The van der Waals surface area contributed by atoms with Crippen molar-refractivity contribution in [1.29, 1.82) is 0 Å². The Kier molecular flexibility index (Phi) is 7.18. The summed E-state index contributed by atoms with van der Waals surface area (Å²) >= 11 is 0. The Bertz CT molecular complexity index is 1390. The van der Waals surface area contributed by atoms with Gasteiger partial charge in [-0.3, -0.25) is 14.5 Å². The van der Waals surface area contributed by atoms with Crippen LogP contribution in [0.25, 0.3) is 11.0 Å². The number of aryl methyl sites for hydroxylation is 1. The highest BCUT2D eigenvalue weighted by Crippen LogP contribution is 2.23. The third-order valence-corrected chi connectivity index (χ3v) is 6.80. The van der Waals surface area contributed by atoms with Crippen LogP contribution in [0, 0.1) is 0 Å². The number of hydrogen-bond acceptors (Lipinski definition) is 5. The minimum Gasteiger partial charge on any atom is -0.497 e. The van der Waals surface area contributed by atoms with Crippen molar-refractivity contribution in [2.75, 3.05) is 38.6 Å². The summed E-state index contributed by atoms with van der Waals surface area (Å²) in [6.45, 7) is 6.62. The Morgan fingerprint density at radius 3 is 2.32 bits per heavy atom. The Morgan fingerprint density at radius 2 is 1.65 bits per heavy atom. The van der Waals surface area contributed by atoms with Crippen molar-refractivity contribution < 1.29 is 14.3 Å². The fourth-order valence-electron chi connectivity index (χ4n) is 4.75. The van der Waals surface area contributed by atoms with E-state index in [0.29, 0.717) is 36.6 Å². The van der Waals surface area contributed by atoms with E-state index in [1.54, 1.807) is 31.4 Å². The van der Waals surface area contributed by atoms with E-state index < -0.39 is 0 Å². The van der Waals surface area contributed by atoms with Crippen LogP contribution < -0.4 is 10.1 Å². The number of rotatable bonds is 7. The van der Waals surface area contributed by atoms with Crippen LogP contribution in [0.1, 0.15) is 33.5 Å². The number of nitrogens with one attached hydrogen (secondary N) is 1. The number of imidazole rings is 1. The second kappa shape index (κ2) is 10.8. The smallest absolute Gasteiger partial charge is 0.255 e. The molecule has 0 unspecified atom stereocenters. The molecule has 1 aromatic heterocycles. The van der Waals surface area contributed by atoms with Crippen molar-refractivity contribution in [1.82, 2.24) is 19.4 Å². The van der Waals surface area contributed by atoms with Crippen LogP contribution in [-0.2, 0) is 13.1 Å². The molecule has 0 radical (unpaired) electrons. The van der Waals surface area contributed by atoms with Gasteiger partial charge in [0.2, 0.25) is 0 Å². The number of aromatic nitrogens is 2. The van der Waals surface area contributed by atoms with Crippen LogP contribution in [0.2, 0.25) is 0 Å². The van der Waals surface area contributed by atoms with Crippen LogP contribution in [0.4, 0.5) is 5.69 Å². The van der Waals surface area contributed by atoms with E-state index in [9.17, 15) is 9.59 Å². The topological polar surface area (TPSA) is 79.7 Å². The molecule has 37 heavy (non-hydrogen) atoms. The standard InChI is InChI=1S/C29H31N5O3/c1-3-34-26-14-11-23(30-28(35)21-9-12-24(37-2)13-10-21)19-25(26)31-27(34)20-32-15-17-33(18-16-32)29(36)22-7-5-4-6-8-22/h4-14,19H,3,15-18,20H2,1-2H3,(H,30,35). The predicted molar refractivity (Wildman–Crippen MR) is 144 cm³/mol. The third-order valence-electron chi connectivity index (χ3n) is 6.80. The number of carbonyl (C=O) groups is 2. The molecular formula is C29H31N5O3. The summed E-state index contributed by atoms with van der Waals surface area (Å²) < 4.78 is 7.38. The fourth-order valence-corrected chi connectivity index (χ4v) is 4.75. The molecule has 2 amide bonds. The van der Waals surface area contributed by atoms with Crippen molar-refractivity contribution in [2.45, 2.75) is 20.0 Å². The van der Waals surface area contributed by atoms with Gasteiger partial charge in [0.25, 0.3) is 11.8 Å². The van der Waals surface area contributed by atoms with Crippen molar-refractivity contribution in [2.24, 2.45) is 0 Å². The average molecular weight is 498 g/mol. The molecule has 1 N–H and O–H groups in total. The van der Waals surface area contributed by atoms with Gasteiger partial charge in [0.1, 0.15) is 11.6 Å². The Morgan fingerprint density at radius 1 is 0.919 bits per heavy atom. The zero-order valence-electron chi connectivity index (χ0n) is 21.2. The van der Waals surface area contributed by atoms with Gasteiger partial charge in [0, 0.05) is 49.5 Å². The van der Waals surface area contributed by atoms with Crippen molar-refractivity contribution >= 4 is 28.5 Å². The first-order valence-corrected chi connectivity index (χ1v) is 12.6. The summed E-state index contributed by atoms with van der Waals surface area (Å²) in [4.78, 5) is 34.6. The maximum absolute atomic E-state index is 12.8. The summed E-state index contributed by atoms with van der Waals surface area (Å²) in [5.74, 6) is 1.60. The maximum Gasteiger partial charge on any atom is 0.255 e. The fraction of sp³-hybridized carbons (Fsp3) is 0.276. The molecule has 0 bridgehead atoms. The first kappa shape index (κ1) is 24.5. The molecule has 0 saturated carbocycles. The molecule has 8 nitrogen and oxygen atoms in total. The summed E-state index contributed by atoms with van der Waals surface area (Å²) in [7, 11) is 1.60. The van der Waals surface area contributed by atoms with Crippen molar-refractivity contribution in [3.05, 3.63) is 89.7 Å². The monoisotopic (exact) mass is 497 g/mol. The Balaban J connectivity index is 1.25. The Hall–Kier alpha value is -4.17. The number of carbonyl (C=O) groups excluding carboxylic acids is 2. The lowest BCUT2D eigenvalue weighted by Gasteiger charge is -2.34. The largest absolute Gasteiger partial charge is 0.497 e. The number of piperazine rings is 1. The number of hydrogen-bond donors (Lipinski definition) is 1.